The Hall–Kier alpha value is -2.67. The summed E-state index contributed by atoms with van der Waals surface area (Å²) >= 11 is 1.59. The van der Waals surface area contributed by atoms with Crippen LogP contribution in [0.5, 0.6) is 0 Å². The van der Waals surface area contributed by atoms with Crippen LogP contribution in [0.25, 0.3) is 0 Å². The molecule has 28 heavy (non-hydrogen) atoms. The minimum absolute atomic E-state index is 0.0223. The Labute approximate surface area is 168 Å². The zero-order valence-electron chi connectivity index (χ0n) is 15.6. The maximum absolute atomic E-state index is 12.8. The van der Waals surface area contributed by atoms with Gasteiger partial charge in [-0.1, -0.05) is 18.2 Å². The number of hydrogen-bond acceptors (Lipinski definition) is 4. The molecular formula is C21H23N3O3S. The average molecular weight is 398 g/mol. The minimum atomic E-state index is -0.268. The van der Waals surface area contributed by atoms with E-state index in [1.54, 1.807) is 17.4 Å². The third kappa shape index (κ3) is 3.94. The number of hydrogen-bond donors (Lipinski definition) is 1. The van der Waals surface area contributed by atoms with Crippen LogP contribution in [0, 0.1) is 0 Å². The molecule has 0 aliphatic carbocycles. The fourth-order valence-corrected chi connectivity index (χ4v) is 4.55. The number of nitrogens with zero attached hydrogens (tertiary/aromatic N) is 2. The molecule has 1 N–H and O–H groups in total. The SMILES string of the molecule is O=C1NC(CC(=O)N2CCCN(C(=O)Cc3ccsc3)CC2)c2ccccc21. The molecule has 3 heterocycles. The van der Waals surface area contributed by atoms with Gasteiger partial charge in [-0.25, -0.2) is 0 Å². The summed E-state index contributed by atoms with van der Waals surface area (Å²) < 4.78 is 0. The van der Waals surface area contributed by atoms with Crippen molar-refractivity contribution in [2.24, 2.45) is 0 Å². The standard InChI is InChI=1S/C21H23N3O3S/c25-19(12-15-6-11-28-14-15)23-7-3-8-24(10-9-23)20(26)13-18-16-4-1-2-5-17(16)21(27)22-18/h1-2,4-6,11,14,18H,3,7-10,12-13H2,(H,22,27). The van der Waals surface area contributed by atoms with Crippen LogP contribution in [-0.4, -0.2) is 53.7 Å². The number of thiophene rings is 1. The van der Waals surface area contributed by atoms with Crippen molar-refractivity contribution < 1.29 is 14.4 Å². The molecule has 0 saturated carbocycles. The highest BCUT2D eigenvalue weighted by Crippen LogP contribution is 2.28. The van der Waals surface area contributed by atoms with E-state index in [1.165, 1.54) is 0 Å². The number of nitrogens with one attached hydrogen (secondary N) is 1. The normalized spacial score (nSPS) is 19.1. The van der Waals surface area contributed by atoms with E-state index in [9.17, 15) is 14.4 Å². The van der Waals surface area contributed by atoms with Crippen LogP contribution in [0.1, 0.15) is 40.4 Å². The third-order valence-corrected chi connectivity index (χ3v) is 6.13. The lowest BCUT2D eigenvalue weighted by atomic mass is 10.0. The zero-order valence-corrected chi connectivity index (χ0v) is 16.4. The van der Waals surface area contributed by atoms with Crippen molar-refractivity contribution in [3.8, 4) is 0 Å². The smallest absolute Gasteiger partial charge is 0.252 e. The number of amides is 3. The second-order valence-electron chi connectivity index (χ2n) is 7.24. The fraction of sp³-hybridized carbons (Fsp3) is 0.381. The Kier molecular flexibility index (Phi) is 5.43. The van der Waals surface area contributed by atoms with Gasteiger partial charge in [0.25, 0.3) is 5.91 Å². The first kappa shape index (κ1) is 18.7. The summed E-state index contributed by atoms with van der Waals surface area (Å²) in [6.45, 7) is 2.41. The first-order valence-corrected chi connectivity index (χ1v) is 10.5. The summed E-state index contributed by atoms with van der Waals surface area (Å²) in [5.41, 5.74) is 2.59. The number of rotatable bonds is 4. The molecule has 1 aromatic carbocycles. The van der Waals surface area contributed by atoms with Crippen molar-refractivity contribution in [2.45, 2.75) is 25.3 Å². The van der Waals surface area contributed by atoms with Gasteiger partial charge in [-0.3, -0.25) is 14.4 Å². The predicted octanol–water partition coefficient (Wildman–Crippen LogP) is 2.23. The Morgan fingerprint density at radius 1 is 1.04 bits per heavy atom. The maximum atomic E-state index is 12.8. The summed E-state index contributed by atoms with van der Waals surface area (Å²) in [5.74, 6) is 0.0216. The molecule has 0 bridgehead atoms. The van der Waals surface area contributed by atoms with E-state index < -0.39 is 0 Å². The average Bonchev–Trinajstić information content (AvgIpc) is 3.22. The molecule has 0 radical (unpaired) electrons. The van der Waals surface area contributed by atoms with Crippen LogP contribution in [-0.2, 0) is 16.0 Å². The van der Waals surface area contributed by atoms with E-state index in [2.05, 4.69) is 5.32 Å². The number of benzene rings is 1. The monoisotopic (exact) mass is 397 g/mol. The van der Waals surface area contributed by atoms with Crippen LogP contribution >= 0.6 is 11.3 Å². The van der Waals surface area contributed by atoms with Crippen LogP contribution in [0.15, 0.2) is 41.1 Å². The third-order valence-electron chi connectivity index (χ3n) is 5.40. The van der Waals surface area contributed by atoms with Gasteiger partial charge in [-0.05, 0) is 40.4 Å². The van der Waals surface area contributed by atoms with Gasteiger partial charge in [0.05, 0.1) is 18.9 Å². The van der Waals surface area contributed by atoms with Gasteiger partial charge < -0.3 is 15.1 Å². The Balaban J connectivity index is 1.34. The van der Waals surface area contributed by atoms with E-state index in [0.29, 0.717) is 38.2 Å². The molecule has 2 aliphatic heterocycles. The van der Waals surface area contributed by atoms with Gasteiger partial charge in [0.2, 0.25) is 11.8 Å². The topological polar surface area (TPSA) is 69.7 Å². The first-order chi connectivity index (χ1) is 13.6. The second kappa shape index (κ2) is 8.14. The van der Waals surface area contributed by atoms with E-state index in [0.717, 1.165) is 17.5 Å². The lowest BCUT2D eigenvalue weighted by Gasteiger charge is -2.23. The maximum Gasteiger partial charge on any atom is 0.252 e. The van der Waals surface area contributed by atoms with Crippen molar-refractivity contribution in [1.29, 1.82) is 0 Å². The van der Waals surface area contributed by atoms with E-state index in [1.807, 2.05) is 44.8 Å². The highest BCUT2D eigenvalue weighted by Gasteiger charge is 2.31. The second-order valence-corrected chi connectivity index (χ2v) is 8.02. The molecule has 2 aliphatic rings. The lowest BCUT2D eigenvalue weighted by molar-refractivity contribution is -0.133. The quantitative estimate of drug-likeness (QED) is 0.860. The summed E-state index contributed by atoms with van der Waals surface area (Å²) in [4.78, 5) is 41.1. The highest BCUT2D eigenvalue weighted by molar-refractivity contribution is 7.08. The molecule has 0 spiro atoms. The van der Waals surface area contributed by atoms with Crippen molar-refractivity contribution in [2.75, 3.05) is 26.2 Å². The van der Waals surface area contributed by atoms with Gasteiger partial charge in [-0.15, -0.1) is 0 Å². The molecular weight excluding hydrogens is 374 g/mol. The van der Waals surface area contributed by atoms with E-state index in [-0.39, 0.29) is 30.2 Å². The molecule has 1 atom stereocenters. The first-order valence-electron chi connectivity index (χ1n) is 9.58. The Bertz CT molecular complexity index is 881. The summed E-state index contributed by atoms with van der Waals surface area (Å²) in [6.07, 6.45) is 1.45. The molecule has 6 nitrogen and oxygen atoms in total. The largest absolute Gasteiger partial charge is 0.345 e. The van der Waals surface area contributed by atoms with Crippen molar-refractivity contribution in [3.05, 3.63) is 57.8 Å². The van der Waals surface area contributed by atoms with Gasteiger partial charge >= 0.3 is 0 Å². The molecule has 2 aromatic rings. The number of carbonyl (C=O) groups excluding carboxylic acids is 3. The summed E-state index contributed by atoms with van der Waals surface area (Å²) in [7, 11) is 0. The summed E-state index contributed by atoms with van der Waals surface area (Å²) in [6, 6.07) is 9.12. The molecule has 1 fully saturated rings. The Morgan fingerprint density at radius 3 is 2.54 bits per heavy atom. The van der Waals surface area contributed by atoms with Gasteiger partial charge in [0.15, 0.2) is 0 Å². The van der Waals surface area contributed by atoms with Crippen LogP contribution in [0.2, 0.25) is 0 Å². The van der Waals surface area contributed by atoms with Crippen molar-refractivity contribution in [3.63, 3.8) is 0 Å². The molecule has 1 unspecified atom stereocenters. The molecule has 146 valence electrons. The fourth-order valence-electron chi connectivity index (χ4n) is 3.88. The number of fused-ring (bicyclic) bond motifs is 1. The van der Waals surface area contributed by atoms with E-state index in [4.69, 9.17) is 0 Å². The van der Waals surface area contributed by atoms with Crippen LogP contribution in [0.4, 0.5) is 0 Å². The Morgan fingerprint density at radius 2 is 1.79 bits per heavy atom. The van der Waals surface area contributed by atoms with E-state index >= 15 is 0 Å². The molecule has 4 rings (SSSR count). The van der Waals surface area contributed by atoms with Crippen LogP contribution in [0.3, 0.4) is 0 Å². The van der Waals surface area contributed by atoms with Gasteiger partial charge in [-0.2, -0.15) is 11.3 Å². The predicted molar refractivity (Wildman–Crippen MR) is 107 cm³/mol. The molecule has 7 heteroatoms. The molecule has 3 amide bonds. The number of carbonyl (C=O) groups is 3. The van der Waals surface area contributed by atoms with Crippen LogP contribution < -0.4 is 5.32 Å². The zero-order chi connectivity index (χ0) is 19.5. The minimum Gasteiger partial charge on any atom is -0.345 e. The van der Waals surface area contributed by atoms with Gasteiger partial charge in [0.1, 0.15) is 0 Å². The molecule has 1 saturated heterocycles. The highest BCUT2D eigenvalue weighted by atomic mass is 32.1. The van der Waals surface area contributed by atoms with Crippen molar-refractivity contribution in [1.82, 2.24) is 15.1 Å². The van der Waals surface area contributed by atoms with Gasteiger partial charge in [0, 0.05) is 31.7 Å². The summed E-state index contributed by atoms with van der Waals surface area (Å²) in [5, 5.41) is 6.88. The lowest BCUT2D eigenvalue weighted by Crippen LogP contribution is -2.38. The van der Waals surface area contributed by atoms with Crippen molar-refractivity contribution >= 4 is 29.1 Å². The molecule has 1 aromatic heterocycles.